The molecule has 3 aliphatic carbocycles. The number of primary amides is 1. The quantitative estimate of drug-likeness (QED) is 0.235. The van der Waals surface area contributed by atoms with Gasteiger partial charge in [-0.3, -0.25) is 24.1 Å². The second kappa shape index (κ2) is 8.60. The summed E-state index contributed by atoms with van der Waals surface area (Å²) in [6.45, 7) is 1.25. The number of aliphatic hydroxyl groups is 3. The maximum absolute atomic E-state index is 13.9. The normalized spacial score (nSPS) is 27.1. The molecule has 0 spiro atoms. The summed E-state index contributed by atoms with van der Waals surface area (Å²) >= 11 is 0. The lowest BCUT2D eigenvalue weighted by atomic mass is 9.57. The van der Waals surface area contributed by atoms with Gasteiger partial charge in [-0.2, -0.15) is 0 Å². The van der Waals surface area contributed by atoms with E-state index in [2.05, 4.69) is 5.32 Å². The van der Waals surface area contributed by atoms with Crippen LogP contribution in [0.3, 0.4) is 0 Å². The molecule has 12 nitrogen and oxygen atoms in total. The number of nitrogens with two attached hydrogens (primary N) is 1. The summed E-state index contributed by atoms with van der Waals surface area (Å²) in [5, 5.41) is 47.4. The number of aromatic hydroxyl groups is 1. The van der Waals surface area contributed by atoms with E-state index in [0.29, 0.717) is 11.3 Å². The Labute approximate surface area is 212 Å². The Bertz CT molecular complexity index is 1330. The number of amides is 2. The smallest absolute Gasteiger partial charge is 0.255 e. The van der Waals surface area contributed by atoms with Crippen LogP contribution in [0.15, 0.2) is 23.0 Å². The van der Waals surface area contributed by atoms with Gasteiger partial charge in [0, 0.05) is 38.2 Å². The highest BCUT2D eigenvalue weighted by atomic mass is 16.3. The first kappa shape index (κ1) is 26.2. The largest absolute Gasteiger partial charge is 0.508 e. The molecule has 1 saturated carbocycles. The maximum atomic E-state index is 13.9. The Balaban J connectivity index is 2.01. The van der Waals surface area contributed by atoms with Crippen molar-refractivity contribution < 1.29 is 39.6 Å². The molecule has 2 unspecified atom stereocenters. The third kappa shape index (κ3) is 3.58. The third-order valence-corrected chi connectivity index (χ3v) is 7.49. The fourth-order valence-electron chi connectivity index (χ4n) is 5.98. The zero-order chi connectivity index (χ0) is 27.7. The predicted octanol–water partition coefficient (Wildman–Crippen LogP) is -0.0116. The summed E-state index contributed by atoms with van der Waals surface area (Å²) in [4.78, 5) is 54.0. The number of phenols is 1. The minimum absolute atomic E-state index is 0.00710. The number of hydrogen-bond acceptors (Lipinski definition) is 10. The Hall–Kier alpha value is -3.90. The van der Waals surface area contributed by atoms with Gasteiger partial charge in [-0.1, -0.05) is 0 Å². The highest BCUT2D eigenvalue weighted by Crippen LogP contribution is 2.54. The number of benzene rings is 1. The molecule has 0 saturated heterocycles. The van der Waals surface area contributed by atoms with E-state index in [-0.39, 0.29) is 29.7 Å². The van der Waals surface area contributed by atoms with Gasteiger partial charge in [0.1, 0.15) is 22.8 Å². The highest BCUT2D eigenvalue weighted by molar-refractivity contribution is 6.24. The van der Waals surface area contributed by atoms with Gasteiger partial charge in [0.2, 0.25) is 11.7 Å². The average molecular weight is 515 g/mol. The predicted molar refractivity (Wildman–Crippen MR) is 133 cm³/mol. The van der Waals surface area contributed by atoms with E-state index in [4.69, 9.17) is 5.73 Å². The third-order valence-electron chi connectivity index (χ3n) is 7.49. The van der Waals surface area contributed by atoms with Crippen LogP contribution in [0.2, 0.25) is 0 Å². The molecule has 0 bridgehead atoms. The van der Waals surface area contributed by atoms with Crippen LogP contribution in [0.25, 0.3) is 5.76 Å². The molecular weight excluding hydrogens is 484 g/mol. The molecule has 1 aromatic rings. The van der Waals surface area contributed by atoms with Crippen molar-refractivity contribution in [1.29, 1.82) is 0 Å². The van der Waals surface area contributed by atoms with E-state index in [1.54, 1.807) is 39.2 Å². The van der Waals surface area contributed by atoms with Gasteiger partial charge < -0.3 is 36.4 Å². The van der Waals surface area contributed by atoms with E-state index in [1.165, 1.54) is 11.8 Å². The topological polar surface area (TPSA) is 194 Å². The van der Waals surface area contributed by atoms with E-state index in [0.717, 1.165) is 0 Å². The number of nitrogens with one attached hydrogen (secondary N) is 1. The summed E-state index contributed by atoms with van der Waals surface area (Å²) in [6, 6.07) is 0.399. The number of nitrogens with zero attached hydrogens (tertiary/aromatic N) is 2. The van der Waals surface area contributed by atoms with Crippen molar-refractivity contribution in [1.82, 2.24) is 4.90 Å². The second-order valence-electron chi connectivity index (χ2n) is 10.2. The van der Waals surface area contributed by atoms with Crippen LogP contribution in [-0.4, -0.2) is 88.5 Å². The van der Waals surface area contributed by atoms with Crippen LogP contribution < -0.4 is 16.0 Å². The molecule has 2 amide bonds. The number of rotatable bonds is 4. The number of ketones is 2. The first-order valence-electron chi connectivity index (χ1n) is 11.6. The Morgan fingerprint density at radius 3 is 2.27 bits per heavy atom. The van der Waals surface area contributed by atoms with Crippen molar-refractivity contribution in [3.63, 3.8) is 0 Å². The summed E-state index contributed by atoms with van der Waals surface area (Å²) in [6.07, 6.45) is 0.142. The standard InChI is InChI=1S/C25H30N4O8/c1-9(30)27-13-8-14(28(2)3)11-6-10-7-12-18(29(4)5)21(33)17(24(26)36)23(35)25(12,37)22(34)15(10)20(32)16(11)19(13)31/h8,10,12,18,31-32,35,37H,6-7H2,1-5H3,(H2,26,36)(H,27,30)/t10?,12?,18-,25+/m1/s1. The molecule has 0 radical (unpaired) electrons. The Morgan fingerprint density at radius 1 is 1.14 bits per heavy atom. The zero-order valence-electron chi connectivity index (χ0n) is 21.1. The molecule has 37 heavy (non-hydrogen) atoms. The SMILES string of the molecule is CC(=O)Nc1cc(N(C)C)c2c(c1O)C(O)=C1C(=O)[C@]3(O)C(O)=C(C(N)=O)C(=O)[C@H](N(C)C)C3CC1C2. The van der Waals surface area contributed by atoms with E-state index >= 15 is 0 Å². The summed E-state index contributed by atoms with van der Waals surface area (Å²) < 4.78 is 0. The molecule has 0 aliphatic heterocycles. The molecule has 0 heterocycles. The number of anilines is 2. The summed E-state index contributed by atoms with van der Waals surface area (Å²) in [5.41, 5.74) is 2.48. The lowest BCUT2D eigenvalue weighted by molar-refractivity contribution is -0.153. The van der Waals surface area contributed by atoms with Crippen molar-refractivity contribution in [3.05, 3.63) is 34.1 Å². The fourth-order valence-corrected chi connectivity index (χ4v) is 5.98. The average Bonchev–Trinajstić information content (AvgIpc) is 2.77. The van der Waals surface area contributed by atoms with Crippen molar-refractivity contribution >= 4 is 40.5 Å². The van der Waals surface area contributed by atoms with Crippen LogP contribution in [0.4, 0.5) is 11.4 Å². The van der Waals surface area contributed by atoms with Crippen LogP contribution in [0, 0.1) is 11.8 Å². The minimum atomic E-state index is -2.71. The fraction of sp³-hybridized carbons (Fsp3) is 0.440. The molecule has 4 rings (SSSR count). The van der Waals surface area contributed by atoms with E-state index in [9.17, 15) is 39.6 Å². The number of Topliss-reactive ketones (excluding diaryl/α,β-unsaturated/α-hetero) is 2. The second-order valence-corrected chi connectivity index (χ2v) is 10.2. The van der Waals surface area contributed by atoms with Gasteiger partial charge in [-0.05, 0) is 44.5 Å². The summed E-state index contributed by atoms with van der Waals surface area (Å²) in [7, 11) is 6.56. The van der Waals surface area contributed by atoms with Crippen LogP contribution >= 0.6 is 0 Å². The summed E-state index contributed by atoms with van der Waals surface area (Å²) in [5.74, 6) is -7.74. The monoisotopic (exact) mass is 514 g/mol. The number of likely N-dealkylation sites (N-methyl/N-ethyl adjacent to an activating group) is 1. The van der Waals surface area contributed by atoms with Gasteiger partial charge in [0.15, 0.2) is 11.4 Å². The van der Waals surface area contributed by atoms with Crippen LogP contribution in [0.5, 0.6) is 5.75 Å². The lowest BCUT2D eigenvalue weighted by Crippen LogP contribution is -2.65. The van der Waals surface area contributed by atoms with Crippen molar-refractivity contribution in [2.45, 2.75) is 31.4 Å². The minimum Gasteiger partial charge on any atom is -0.508 e. The van der Waals surface area contributed by atoms with E-state index < -0.39 is 69.7 Å². The molecule has 0 aromatic heterocycles. The number of aliphatic hydroxyl groups excluding tert-OH is 2. The van der Waals surface area contributed by atoms with Gasteiger partial charge in [0.05, 0.1) is 17.3 Å². The van der Waals surface area contributed by atoms with Crippen LogP contribution in [0.1, 0.15) is 24.5 Å². The van der Waals surface area contributed by atoms with Crippen LogP contribution in [-0.2, 0) is 25.6 Å². The first-order valence-corrected chi connectivity index (χ1v) is 11.6. The molecule has 1 aromatic carbocycles. The number of carbonyl (C=O) groups is 4. The van der Waals surface area contributed by atoms with Gasteiger partial charge in [-0.25, -0.2) is 0 Å². The Kier molecular flexibility index (Phi) is 6.08. The number of carbonyl (C=O) groups excluding carboxylic acids is 4. The Morgan fingerprint density at radius 2 is 1.76 bits per heavy atom. The maximum Gasteiger partial charge on any atom is 0.255 e. The van der Waals surface area contributed by atoms with Crippen molar-refractivity contribution in [3.8, 4) is 5.75 Å². The molecule has 7 N–H and O–H groups in total. The van der Waals surface area contributed by atoms with E-state index in [1.807, 2.05) is 0 Å². The molecular formula is C25H30N4O8. The van der Waals surface area contributed by atoms with Gasteiger partial charge >= 0.3 is 0 Å². The molecule has 12 heteroatoms. The first-order chi connectivity index (χ1) is 17.1. The lowest BCUT2D eigenvalue weighted by Gasteiger charge is -2.50. The molecule has 4 atom stereocenters. The van der Waals surface area contributed by atoms with Crippen molar-refractivity contribution in [2.24, 2.45) is 17.6 Å². The molecule has 3 aliphatic rings. The van der Waals surface area contributed by atoms with Crippen molar-refractivity contribution in [2.75, 3.05) is 38.4 Å². The number of phenolic OH excluding ortho intramolecular Hbond substituents is 1. The highest BCUT2D eigenvalue weighted by Gasteiger charge is 2.64. The molecule has 1 fully saturated rings. The zero-order valence-corrected chi connectivity index (χ0v) is 21.1. The van der Waals surface area contributed by atoms with Gasteiger partial charge in [0.25, 0.3) is 5.91 Å². The van der Waals surface area contributed by atoms with Gasteiger partial charge in [-0.15, -0.1) is 0 Å². The number of fused-ring (bicyclic) bond motifs is 3. The number of hydrogen-bond donors (Lipinski definition) is 6. The molecule has 198 valence electrons.